The van der Waals surface area contributed by atoms with E-state index >= 15 is 0 Å². The van der Waals surface area contributed by atoms with Crippen molar-refractivity contribution in [2.24, 2.45) is 0 Å². The number of amides is 1. The molecule has 148 valence electrons. The standard InChI is InChI=1S/C19H16N4O6/c1-28-18(24)17-16(23(26)27)11-22(21-17)15-9-7-14(8-10-15)20-19(25)29-12-13-5-3-2-4-6-13/h2-11H,12H2,1H3,(H,20,25). The maximum absolute atomic E-state index is 11.9. The molecule has 3 aromatic rings. The molecule has 29 heavy (non-hydrogen) atoms. The molecule has 3 rings (SSSR count). The van der Waals surface area contributed by atoms with Crippen LogP contribution in [0, 0.1) is 10.1 Å². The molecular weight excluding hydrogens is 380 g/mol. The Balaban J connectivity index is 1.68. The molecule has 0 fully saturated rings. The van der Waals surface area contributed by atoms with Crippen molar-refractivity contribution >= 4 is 23.4 Å². The first-order chi connectivity index (χ1) is 14.0. The monoisotopic (exact) mass is 396 g/mol. The van der Waals surface area contributed by atoms with Crippen LogP contribution in [0.4, 0.5) is 16.2 Å². The first kappa shape index (κ1) is 19.5. The number of hydrogen-bond acceptors (Lipinski definition) is 7. The molecule has 2 aromatic carbocycles. The van der Waals surface area contributed by atoms with E-state index in [9.17, 15) is 19.7 Å². The molecule has 10 nitrogen and oxygen atoms in total. The summed E-state index contributed by atoms with van der Waals surface area (Å²) in [5, 5.41) is 17.6. The van der Waals surface area contributed by atoms with Crippen LogP contribution in [0.25, 0.3) is 5.69 Å². The summed E-state index contributed by atoms with van der Waals surface area (Å²) in [5.41, 5.74) is 0.903. The van der Waals surface area contributed by atoms with Gasteiger partial charge in [0.1, 0.15) is 12.8 Å². The van der Waals surface area contributed by atoms with Gasteiger partial charge in [-0.15, -0.1) is 0 Å². The Morgan fingerprint density at radius 3 is 2.45 bits per heavy atom. The van der Waals surface area contributed by atoms with Gasteiger partial charge in [-0.2, -0.15) is 5.10 Å². The number of carbonyl (C=O) groups excluding carboxylic acids is 2. The van der Waals surface area contributed by atoms with Crippen LogP contribution in [0.2, 0.25) is 0 Å². The van der Waals surface area contributed by atoms with Gasteiger partial charge in [-0.25, -0.2) is 14.3 Å². The molecule has 0 radical (unpaired) electrons. The second-order valence-corrected chi connectivity index (χ2v) is 5.79. The molecular formula is C19H16N4O6. The number of aromatic nitrogens is 2. The van der Waals surface area contributed by atoms with Gasteiger partial charge in [0.25, 0.3) is 0 Å². The zero-order valence-electron chi connectivity index (χ0n) is 15.3. The van der Waals surface area contributed by atoms with Crippen LogP contribution < -0.4 is 5.32 Å². The Bertz CT molecular complexity index is 1030. The number of nitrogens with zero attached hydrogens (tertiary/aromatic N) is 3. The van der Waals surface area contributed by atoms with Crippen molar-refractivity contribution < 1.29 is 24.0 Å². The fraction of sp³-hybridized carbons (Fsp3) is 0.105. The number of nitro groups is 1. The highest BCUT2D eigenvalue weighted by molar-refractivity contribution is 5.91. The number of benzene rings is 2. The second-order valence-electron chi connectivity index (χ2n) is 5.79. The number of hydrogen-bond donors (Lipinski definition) is 1. The fourth-order valence-electron chi connectivity index (χ4n) is 2.45. The van der Waals surface area contributed by atoms with E-state index in [0.29, 0.717) is 11.4 Å². The Kier molecular flexibility index (Phi) is 5.83. The Hall–Kier alpha value is -4.21. The second kappa shape index (κ2) is 8.65. The van der Waals surface area contributed by atoms with Crippen molar-refractivity contribution in [2.45, 2.75) is 6.61 Å². The van der Waals surface area contributed by atoms with E-state index in [2.05, 4.69) is 15.2 Å². The van der Waals surface area contributed by atoms with Crippen LogP contribution in [0.15, 0.2) is 60.8 Å². The van der Waals surface area contributed by atoms with Gasteiger partial charge in [-0.05, 0) is 29.8 Å². The lowest BCUT2D eigenvalue weighted by atomic mass is 10.2. The van der Waals surface area contributed by atoms with Crippen LogP contribution in [0.5, 0.6) is 0 Å². The van der Waals surface area contributed by atoms with Crippen molar-refractivity contribution in [1.82, 2.24) is 9.78 Å². The Morgan fingerprint density at radius 2 is 1.83 bits per heavy atom. The number of methoxy groups -OCH3 is 1. The number of nitrogens with one attached hydrogen (secondary N) is 1. The van der Waals surface area contributed by atoms with Gasteiger partial charge in [-0.3, -0.25) is 15.4 Å². The third kappa shape index (κ3) is 4.75. The summed E-state index contributed by atoms with van der Waals surface area (Å²) in [6.07, 6.45) is 0.493. The molecule has 10 heteroatoms. The topological polar surface area (TPSA) is 126 Å². The van der Waals surface area contributed by atoms with Crippen LogP contribution in [0.3, 0.4) is 0 Å². The van der Waals surface area contributed by atoms with Gasteiger partial charge in [0.2, 0.25) is 5.69 Å². The number of carbonyl (C=O) groups is 2. The van der Waals surface area contributed by atoms with Gasteiger partial charge in [0.15, 0.2) is 0 Å². The molecule has 0 atom stereocenters. The van der Waals surface area contributed by atoms with Crippen molar-refractivity contribution in [3.05, 3.63) is 82.2 Å². The Morgan fingerprint density at radius 1 is 1.14 bits per heavy atom. The van der Waals surface area contributed by atoms with Crippen LogP contribution in [0.1, 0.15) is 16.1 Å². The molecule has 0 saturated heterocycles. The normalized spacial score (nSPS) is 10.2. The highest BCUT2D eigenvalue weighted by Crippen LogP contribution is 2.21. The highest BCUT2D eigenvalue weighted by atomic mass is 16.6. The highest BCUT2D eigenvalue weighted by Gasteiger charge is 2.26. The van der Waals surface area contributed by atoms with E-state index in [4.69, 9.17) is 4.74 Å². The minimum absolute atomic E-state index is 0.137. The summed E-state index contributed by atoms with van der Waals surface area (Å²) in [6, 6.07) is 15.5. The van der Waals surface area contributed by atoms with Crippen molar-refractivity contribution in [1.29, 1.82) is 0 Å². The van der Waals surface area contributed by atoms with E-state index in [0.717, 1.165) is 18.9 Å². The molecule has 0 saturated carbocycles. The summed E-state index contributed by atoms with van der Waals surface area (Å²) < 4.78 is 10.8. The molecule has 1 amide bonds. The van der Waals surface area contributed by atoms with Crippen molar-refractivity contribution in [3.8, 4) is 5.69 Å². The van der Waals surface area contributed by atoms with Gasteiger partial charge in [0.05, 0.1) is 17.7 Å². The number of rotatable bonds is 6. The van der Waals surface area contributed by atoms with Crippen molar-refractivity contribution in [3.63, 3.8) is 0 Å². The smallest absolute Gasteiger partial charge is 0.411 e. The summed E-state index contributed by atoms with van der Waals surface area (Å²) in [7, 11) is 1.11. The molecule has 0 aliphatic heterocycles. The van der Waals surface area contributed by atoms with Gasteiger partial charge < -0.3 is 9.47 Å². The first-order valence-corrected chi connectivity index (χ1v) is 8.38. The van der Waals surface area contributed by atoms with E-state index in [1.807, 2.05) is 30.3 Å². The van der Waals surface area contributed by atoms with E-state index in [1.54, 1.807) is 24.3 Å². The molecule has 1 aromatic heterocycles. The molecule has 0 aliphatic rings. The zero-order chi connectivity index (χ0) is 20.8. The van der Waals surface area contributed by atoms with Crippen molar-refractivity contribution in [2.75, 3.05) is 12.4 Å². The van der Waals surface area contributed by atoms with E-state index in [-0.39, 0.29) is 6.61 Å². The SMILES string of the molecule is COC(=O)c1nn(-c2ccc(NC(=O)OCc3ccccc3)cc2)cc1[N+](=O)[O-]. The maximum Gasteiger partial charge on any atom is 0.411 e. The molecule has 1 N–H and O–H groups in total. The average molecular weight is 396 g/mol. The lowest BCUT2D eigenvalue weighted by Crippen LogP contribution is -2.13. The predicted octanol–water partition coefficient (Wildman–Crippen LogP) is 3.32. The third-order valence-electron chi connectivity index (χ3n) is 3.86. The molecule has 0 spiro atoms. The van der Waals surface area contributed by atoms with Crippen LogP contribution in [-0.4, -0.2) is 33.9 Å². The minimum Gasteiger partial charge on any atom is -0.464 e. The summed E-state index contributed by atoms with van der Waals surface area (Å²) in [4.78, 5) is 33.9. The van der Waals surface area contributed by atoms with E-state index < -0.39 is 28.4 Å². The quantitative estimate of drug-likeness (QED) is 0.385. The lowest BCUT2D eigenvalue weighted by molar-refractivity contribution is -0.385. The lowest BCUT2D eigenvalue weighted by Gasteiger charge is -2.08. The summed E-state index contributed by atoms with van der Waals surface area (Å²) in [5.74, 6) is -0.908. The fourth-order valence-corrected chi connectivity index (χ4v) is 2.45. The number of esters is 1. The average Bonchev–Trinajstić information content (AvgIpc) is 3.19. The largest absolute Gasteiger partial charge is 0.464 e. The summed E-state index contributed by atoms with van der Waals surface area (Å²) >= 11 is 0. The number of ether oxygens (including phenoxy) is 2. The molecule has 1 heterocycles. The van der Waals surface area contributed by atoms with E-state index in [1.165, 1.54) is 4.68 Å². The van der Waals surface area contributed by atoms with Crippen LogP contribution >= 0.6 is 0 Å². The maximum atomic E-state index is 11.9. The molecule has 0 unspecified atom stereocenters. The predicted molar refractivity (Wildman–Crippen MR) is 102 cm³/mol. The zero-order valence-corrected chi connectivity index (χ0v) is 15.3. The summed E-state index contributed by atoms with van der Waals surface area (Å²) in [6.45, 7) is 0.137. The first-order valence-electron chi connectivity index (χ1n) is 8.38. The van der Waals surface area contributed by atoms with Gasteiger partial charge in [0, 0.05) is 5.69 Å². The Labute approximate surface area is 164 Å². The minimum atomic E-state index is -0.908. The molecule has 0 aliphatic carbocycles. The third-order valence-corrected chi connectivity index (χ3v) is 3.86. The van der Waals surface area contributed by atoms with Gasteiger partial charge >= 0.3 is 17.7 Å². The molecule has 0 bridgehead atoms. The van der Waals surface area contributed by atoms with Gasteiger partial charge in [-0.1, -0.05) is 30.3 Å². The van der Waals surface area contributed by atoms with Crippen LogP contribution in [-0.2, 0) is 16.1 Å². The number of anilines is 1.